The first kappa shape index (κ1) is 20.9. The molecular weight excluding hydrogens is 378 g/mol. The maximum absolute atomic E-state index is 12.7. The van der Waals surface area contributed by atoms with E-state index < -0.39 is 5.60 Å². The van der Waals surface area contributed by atoms with E-state index in [9.17, 15) is 9.90 Å². The fourth-order valence-corrected chi connectivity index (χ4v) is 4.89. The number of benzene rings is 2. The monoisotopic (exact) mass is 409 g/mol. The Kier molecular flexibility index (Phi) is 6.70. The number of nitrogens with zero attached hydrogens (tertiary/aromatic N) is 1. The molecule has 2 fully saturated rings. The smallest absolute Gasteiger partial charge is 0.410 e. The number of rotatable bonds is 8. The van der Waals surface area contributed by atoms with Gasteiger partial charge >= 0.3 is 6.09 Å². The van der Waals surface area contributed by atoms with Crippen molar-refractivity contribution < 1.29 is 19.4 Å². The highest BCUT2D eigenvalue weighted by Crippen LogP contribution is 2.43. The van der Waals surface area contributed by atoms with Gasteiger partial charge in [-0.1, -0.05) is 60.7 Å². The number of fused-ring (bicyclic) bond motifs is 2. The molecule has 2 atom stereocenters. The van der Waals surface area contributed by atoms with Crippen molar-refractivity contribution in [3.63, 3.8) is 0 Å². The summed E-state index contributed by atoms with van der Waals surface area (Å²) >= 11 is 0. The van der Waals surface area contributed by atoms with Crippen molar-refractivity contribution >= 4 is 6.09 Å². The van der Waals surface area contributed by atoms with Crippen molar-refractivity contribution in [3.05, 3.63) is 71.8 Å². The number of hydrogen-bond acceptors (Lipinski definition) is 4. The van der Waals surface area contributed by atoms with Crippen LogP contribution in [0.5, 0.6) is 0 Å². The topological polar surface area (TPSA) is 59.0 Å². The van der Waals surface area contributed by atoms with Gasteiger partial charge in [0.1, 0.15) is 6.61 Å². The van der Waals surface area contributed by atoms with Crippen LogP contribution in [-0.2, 0) is 22.7 Å². The first-order chi connectivity index (χ1) is 14.6. The molecule has 2 unspecified atom stereocenters. The van der Waals surface area contributed by atoms with E-state index in [1.165, 1.54) is 0 Å². The molecule has 2 aliphatic rings. The third-order valence-electron chi connectivity index (χ3n) is 6.31. The van der Waals surface area contributed by atoms with E-state index in [-0.39, 0.29) is 18.2 Å². The molecule has 1 N–H and O–H groups in total. The number of ether oxygens (including phenoxy) is 2. The zero-order valence-electron chi connectivity index (χ0n) is 17.4. The predicted octanol–water partition coefficient (Wildman–Crippen LogP) is 4.68. The SMILES string of the molecule is O=C(OCc1ccccc1)N1C2CCC1CC(O)(CCCOCc1ccccc1)C2. The summed E-state index contributed by atoms with van der Waals surface area (Å²) in [5, 5.41) is 11.1. The number of carbonyl (C=O) groups excluding carboxylic acids is 1. The van der Waals surface area contributed by atoms with Crippen molar-refractivity contribution in [2.45, 2.75) is 69.4 Å². The highest BCUT2D eigenvalue weighted by atomic mass is 16.6. The Morgan fingerprint density at radius 2 is 1.50 bits per heavy atom. The van der Waals surface area contributed by atoms with E-state index in [1.807, 2.05) is 53.4 Å². The third kappa shape index (κ3) is 5.21. The average Bonchev–Trinajstić information content (AvgIpc) is 3.05. The molecule has 2 aromatic carbocycles. The van der Waals surface area contributed by atoms with Gasteiger partial charge in [-0.15, -0.1) is 0 Å². The Labute approximate surface area is 178 Å². The molecule has 5 heteroatoms. The Morgan fingerprint density at radius 1 is 0.933 bits per heavy atom. The molecule has 1 amide bonds. The van der Waals surface area contributed by atoms with Gasteiger partial charge in [-0.05, 0) is 49.7 Å². The van der Waals surface area contributed by atoms with Crippen LogP contribution >= 0.6 is 0 Å². The minimum absolute atomic E-state index is 0.0715. The van der Waals surface area contributed by atoms with Gasteiger partial charge in [-0.3, -0.25) is 0 Å². The Balaban J connectivity index is 1.22. The minimum Gasteiger partial charge on any atom is -0.445 e. The molecule has 0 spiro atoms. The molecule has 5 nitrogen and oxygen atoms in total. The van der Waals surface area contributed by atoms with Crippen LogP contribution in [0.25, 0.3) is 0 Å². The van der Waals surface area contributed by atoms with E-state index in [2.05, 4.69) is 12.1 Å². The largest absolute Gasteiger partial charge is 0.445 e. The van der Waals surface area contributed by atoms with Crippen LogP contribution in [0.1, 0.15) is 49.7 Å². The summed E-state index contributed by atoms with van der Waals surface area (Å²) in [5.74, 6) is 0. The molecule has 2 saturated heterocycles. The average molecular weight is 410 g/mol. The maximum atomic E-state index is 12.7. The van der Waals surface area contributed by atoms with Crippen LogP contribution in [0.2, 0.25) is 0 Å². The predicted molar refractivity (Wildman–Crippen MR) is 115 cm³/mol. The number of carbonyl (C=O) groups is 1. The van der Waals surface area contributed by atoms with Gasteiger partial charge in [-0.2, -0.15) is 0 Å². The highest BCUT2D eigenvalue weighted by Gasteiger charge is 2.49. The molecule has 0 aliphatic carbocycles. The standard InChI is InChI=1S/C25H31NO4/c27-24(30-19-21-10-5-2-6-11-21)26-22-12-13-23(26)17-25(28,16-22)14-7-15-29-18-20-8-3-1-4-9-20/h1-6,8-11,22-23,28H,7,12-19H2. The quantitative estimate of drug-likeness (QED) is 0.643. The summed E-state index contributed by atoms with van der Waals surface area (Å²) in [7, 11) is 0. The van der Waals surface area contributed by atoms with E-state index >= 15 is 0 Å². The third-order valence-corrected chi connectivity index (χ3v) is 6.31. The number of aliphatic hydroxyl groups is 1. The summed E-state index contributed by atoms with van der Waals surface area (Å²) in [6, 6.07) is 20.0. The Morgan fingerprint density at radius 3 is 2.10 bits per heavy atom. The molecule has 2 heterocycles. The van der Waals surface area contributed by atoms with Gasteiger partial charge in [0.2, 0.25) is 0 Å². The second-order valence-corrected chi connectivity index (χ2v) is 8.61. The van der Waals surface area contributed by atoms with Crippen LogP contribution in [0.4, 0.5) is 4.79 Å². The molecule has 0 saturated carbocycles. The fraction of sp³-hybridized carbons (Fsp3) is 0.480. The normalized spacial score (nSPS) is 25.3. The van der Waals surface area contributed by atoms with Gasteiger partial charge < -0.3 is 19.5 Å². The van der Waals surface area contributed by atoms with Gasteiger partial charge in [0.05, 0.1) is 12.2 Å². The second kappa shape index (κ2) is 9.63. The van der Waals surface area contributed by atoms with Gasteiger partial charge in [0.25, 0.3) is 0 Å². The first-order valence-corrected chi connectivity index (χ1v) is 11.0. The summed E-state index contributed by atoms with van der Waals surface area (Å²) < 4.78 is 11.3. The number of piperidine rings is 1. The molecule has 4 rings (SSSR count). The Hall–Kier alpha value is -2.37. The first-order valence-electron chi connectivity index (χ1n) is 11.0. The molecule has 2 bridgehead atoms. The maximum Gasteiger partial charge on any atom is 0.410 e. The lowest BCUT2D eigenvalue weighted by Crippen LogP contribution is -2.53. The van der Waals surface area contributed by atoms with Crippen molar-refractivity contribution in [2.75, 3.05) is 6.61 Å². The lowest BCUT2D eigenvalue weighted by atomic mass is 9.83. The molecule has 30 heavy (non-hydrogen) atoms. The lowest BCUT2D eigenvalue weighted by molar-refractivity contribution is -0.0587. The lowest BCUT2D eigenvalue weighted by Gasteiger charge is -2.43. The molecule has 2 aliphatic heterocycles. The van der Waals surface area contributed by atoms with Crippen molar-refractivity contribution in [2.24, 2.45) is 0 Å². The van der Waals surface area contributed by atoms with Crippen LogP contribution in [0.15, 0.2) is 60.7 Å². The number of amides is 1. The summed E-state index contributed by atoms with van der Waals surface area (Å²) in [5.41, 5.74) is 1.44. The van der Waals surface area contributed by atoms with E-state index in [1.54, 1.807) is 0 Å². The van der Waals surface area contributed by atoms with Gasteiger partial charge in [0.15, 0.2) is 0 Å². The summed E-state index contributed by atoms with van der Waals surface area (Å²) in [6.07, 6.45) is 4.42. The van der Waals surface area contributed by atoms with E-state index in [4.69, 9.17) is 9.47 Å². The molecule has 0 radical (unpaired) electrons. The second-order valence-electron chi connectivity index (χ2n) is 8.61. The number of hydrogen-bond donors (Lipinski definition) is 1. The highest BCUT2D eigenvalue weighted by molar-refractivity contribution is 5.69. The zero-order chi connectivity index (χ0) is 20.8. The molecular formula is C25H31NO4. The van der Waals surface area contributed by atoms with Crippen LogP contribution < -0.4 is 0 Å². The van der Waals surface area contributed by atoms with E-state index in [0.717, 1.165) is 30.4 Å². The van der Waals surface area contributed by atoms with Crippen LogP contribution in [0, 0.1) is 0 Å². The molecule has 2 aromatic rings. The van der Waals surface area contributed by atoms with Crippen molar-refractivity contribution in [1.82, 2.24) is 4.90 Å². The van der Waals surface area contributed by atoms with E-state index in [0.29, 0.717) is 39.1 Å². The van der Waals surface area contributed by atoms with Crippen LogP contribution in [-0.4, -0.2) is 40.4 Å². The minimum atomic E-state index is -0.710. The fourth-order valence-electron chi connectivity index (χ4n) is 4.89. The molecule has 0 aromatic heterocycles. The van der Waals surface area contributed by atoms with Gasteiger partial charge in [-0.25, -0.2) is 4.79 Å². The van der Waals surface area contributed by atoms with Crippen molar-refractivity contribution in [1.29, 1.82) is 0 Å². The zero-order valence-corrected chi connectivity index (χ0v) is 17.4. The summed E-state index contributed by atoms with van der Waals surface area (Å²) in [6.45, 7) is 1.53. The van der Waals surface area contributed by atoms with Crippen LogP contribution in [0.3, 0.4) is 0 Å². The Bertz CT molecular complexity index is 796. The van der Waals surface area contributed by atoms with Crippen molar-refractivity contribution in [3.8, 4) is 0 Å². The summed E-state index contributed by atoms with van der Waals surface area (Å²) in [4.78, 5) is 14.6. The molecule has 160 valence electrons. The van der Waals surface area contributed by atoms with Gasteiger partial charge in [0, 0.05) is 18.7 Å².